The predicted octanol–water partition coefficient (Wildman–Crippen LogP) is 1.02. The highest BCUT2D eigenvalue weighted by molar-refractivity contribution is 5.98. The van der Waals surface area contributed by atoms with E-state index in [0.717, 1.165) is 6.42 Å². The number of rotatable bonds is 7. The Balaban J connectivity index is 4.96. The summed E-state index contributed by atoms with van der Waals surface area (Å²) in [5.41, 5.74) is -0.295. The SMILES string of the molecule is CCCCC(C(=O)O)=C(CCO)C(=O)O. The van der Waals surface area contributed by atoms with E-state index in [1.807, 2.05) is 6.92 Å². The normalized spacial score (nSPS) is 12.1. The maximum Gasteiger partial charge on any atom is 0.332 e. The van der Waals surface area contributed by atoms with Crippen LogP contribution in [0.25, 0.3) is 0 Å². The summed E-state index contributed by atoms with van der Waals surface area (Å²) in [6, 6.07) is 0. The highest BCUT2D eigenvalue weighted by Gasteiger charge is 2.18. The first-order chi connectivity index (χ1) is 7.04. The van der Waals surface area contributed by atoms with Crippen LogP contribution >= 0.6 is 0 Å². The van der Waals surface area contributed by atoms with Gasteiger partial charge in [-0.3, -0.25) is 0 Å². The molecule has 5 nitrogen and oxygen atoms in total. The van der Waals surface area contributed by atoms with Crippen LogP contribution in [0.2, 0.25) is 0 Å². The molecule has 0 heterocycles. The Morgan fingerprint density at radius 2 is 1.47 bits per heavy atom. The molecular weight excluding hydrogens is 200 g/mol. The first-order valence-corrected chi connectivity index (χ1v) is 4.84. The molecule has 0 aromatic heterocycles. The lowest BCUT2D eigenvalue weighted by molar-refractivity contribution is -0.136. The molecule has 0 aliphatic rings. The van der Waals surface area contributed by atoms with Crippen molar-refractivity contribution in [3.63, 3.8) is 0 Å². The second-order valence-corrected chi connectivity index (χ2v) is 3.14. The molecule has 15 heavy (non-hydrogen) atoms. The molecule has 0 aliphatic heterocycles. The quantitative estimate of drug-likeness (QED) is 0.552. The van der Waals surface area contributed by atoms with Crippen LogP contribution < -0.4 is 0 Å². The molecule has 0 fully saturated rings. The molecule has 0 bridgehead atoms. The van der Waals surface area contributed by atoms with Gasteiger partial charge in [-0.15, -0.1) is 0 Å². The standard InChI is InChI=1S/C10H16O5/c1-2-3-4-7(9(12)13)8(5-6-11)10(14)15/h11H,2-6H2,1H3,(H,12,13)(H,14,15). The number of carbonyl (C=O) groups is 2. The third kappa shape index (κ3) is 4.60. The first kappa shape index (κ1) is 13.6. The van der Waals surface area contributed by atoms with Gasteiger partial charge in [0.1, 0.15) is 0 Å². The van der Waals surface area contributed by atoms with E-state index in [-0.39, 0.29) is 30.6 Å². The van der Waals surface area contributed by atoms with Gasteiger partial charge in [-0.1, -0.05) is 13.3 Å². The van der Waals surface area contributed by atoms with Crippen LogP contribution in [0, 0.1) is 0 Å². The molecule has 0 spiro atoms. The lowest BCUT2D eigenvalue weighted by atomic mass is 10.0. The number of hydrogen-bond acceptors (Lipinski definition) is 3. The molecule has 0 aromatic carbocycles. The van der Waals surface area contributed by atoms with Crippen molar-refractivity contribution >= 4 is 11.9 Å². The van der Waals surface area contributed by atoms with Crippen molar-refractivity contribution in [3.8, 4) is 0 Å². The van der Waals surface area contributed by atoms with Crippen LogP contribution in [0.3, 0.4) is 0 Å². The Morgan fingerprint density at radius 3 is 1.80 bits per heavy atom. The van der Waals surface area contributed by atoms with Crippen molar-refractivity contribution in [3.05, 3.63) is 11.1 Å². The minimum Gasteiger partial charge on any atom is -0.478 e. The maximum absolute atomic E-state index is 10.8. The number of carboxylic acids is 2. The third-order valence-corrected chi connectivity index (χ3v) is 2.02. The molecule has 0 aromatic rings. The van der Waals surface area contributed by atoms with E-state index in [1.54, 1.807) is 0 Å². The summed E-state index contributed by atoms with van der Waals surface area (Å²) < 4.78 is 0. The van der Waals surface area contributed by atoms with E-state index in [0.29, 0.717) is 6.42 Å². The molecule has 0 unspecified atom stereocenters. The zero-order valence-corrected chi connectivity index (χ0v) is 8.69. The van der Waals surface area contributed by atoms with Gasteiger partial charge in [-0.2, -0.15) is 0 Å². The Kier molecular flexibility index (Phi) is 6.37. The zero-order valence-electron chi connectivity index (χ0n) is 8.69. The van der Waals surface area contributed by atoms with Crippen LogP contribution in [0.1, 0.15) is 32.6 Å². The highest BCUT2D eigenvalue weighted by atomic mass is 16.4. The van der Waals surface area contributed by atoms with Gasteiger partial charge in [0.05, 0.1) is 0 Å². The second kappa shape index (κ2) is 7.00. The molecule has 86 valence electrons. The van der Waals surface area contributed by atoms with Gasteiger partial charge in [-0.05, 0) is 12.8 Å². The summed E-state index contributed by atoms with van der Waals surface area (Å²) in [7, 11) is 0. The number of carboxylic acid groups (broad SMARTS) is 2. The molecule has 0 radical (unpaired) electrons. The van der Waals surface area contributed by atoms with Gasteiger partial charge >= 0.3 is 11.9 Å². The Bertz CT molecular complexity index is 267. The molecule has 0 rings (SSSR count). The van der Waals surface area contributed by atoms with Gasteiger partial charge in [0, 0.05) is 24.2 Å². The minimum absolute atomic E-state index is 0.0987. The Morgan fingerprint density at radius 1 is 1.00 bits per heavy atom. The van der Waals surface area contributed by atoms with E-state index < -0.39 is 11.9 Å². The molecule has 3 N–H and O–H groups in total. The predicted molar refractivity (Wildman–Crippen MR) is 53.5 cm³/mol. The van der Waals surface area contributed by atoms with Crippen LogP contribution in [0.15, 0.2) is 11.1 Å². The fourth-order valence-electron chi connectivity index (χ4n) is 1.24. The van der Waals surface area contributed by atoms with Crippen molar-refractivity contribution in [2.75, 3.05) is 6.61 Å². The van der Waals surface area contributed by atoms with Crippen molar-refractivity contribution in [2.24, 2.45) is 0 Å². The molecule has 0 aliphatic carbocycles. The summed E-state index contributed by atoms with van der Waals surface area (Å²) in [5.74, 6) is -2.48. The minimum atomic E-state index is -1.27. The number of aliphatic hydroxyl groups is 1. The summed E-state index contributed by atoms with van der Waals surface area (Å²) in [6.07, 6.45) is 1.53. The second-order valence-electron chi connectivity index (χ2n) is 3.14. The Hall–Kier alpha value is -1.36. The van der Waals surface area contributed by atoms with Gasteiger partial charge in [0.25, 0.3) is 0 Å². The summed E-state index contributed by atoms with van der Waals surface area (Å²) in [5, 5.41) is 26.3. The van der Waals surface area contributed by atoms with E-state index in [4.69, 9.17) is 15.3 Å². The fraction of sp³-hybridized carbons (Fsp3) is 0.600. The molecule has 5 heteroatoms. The van der Waals surface area contributed by atoms with Crippen molar-refractivity contribution < 1.29 is 24.9 Å². The molecule has 0 amide bonds. The van der Waals surface area contributed by atoms with Gasteiger partial charge in [0.2, 0.25) is 0 Å². The molecule has 0 saturated heterocycles. The largest absolute Gasteiger partial charge is 0.478 e. The summed E-state index contributed by atoms with van der Waals surface area (Å²) >= 11 is 0. The van der Waals surface area contributed by atoms with Crippen molar-refractivity contribution in [1.82, 2.24) is 0 Å². The zero-order chi connectivity index (χ0) is 11.8. The summed E-state index contributed by atoms with van der Waals surface area (Å²) in [6.45, 7) is 1.54. The molecule has 0 atom stereocenters. The number of aliphatic carboxylic acids is 2. The number of hydrogen-bond donors (Lipinski definition) is 3. The topological polar surface area (TPSA) is 94.8 Å². The first-order valence-electron chi connectivity index (χ1n) is 4.84. The van der Waals surface area contributed by atoms with E-state index in [2.05, 4.69) is 0 Å². The average molecular weight is 216 g/mol. The smallest absolute Gasteiger partial charge is 0.332 e. The third-order valence-electron chi connectivity index (χ3n) is 2.02. The number of unbranched alkanes of at least 4 members (excludes halogenated alkanes) is 1. The van der Waals surface area contributed by atoms with Crippen LogP contribution in [-0.2, 0) is 9.59 Å². The fourth-order valence-corrected chi connectivity index (χ4v) is 1.24. The highest BCUT2D eigenvalue weighted by Crippen LogP contribution is 2.16. The summed E-state index contributed by atoms with van der Waals surface area (Å²) in [4.78, 5) is 21.6. The monoisotopic (exact) mass is 216 g/mol. The van der Waals surface area contributed by atoms with E-state index >= 15 is 0 Å². The maximum atomic E-state index is 10.8. The average Bonchev–Trinajstić information content (AvgIpc) is 2.16. The lowest BCUT2D eigenvalue weighted by Crippen LogP contribution is -2.12. The van der Waals surface area contributed by atoms with Gasteiger partial charge in [0.15, 0.2) is 0 Å². The van der Waals surface area contributed by atoms with Crippen LogP contribution in [0.4, 0.5) is 0 Å². The van der Waals surface area contributed by atoms with Gasteiger partial charge in [-0.25, -0.2) is 9.59 Å². The van der Waals surface area contributed by atoms with Crippen LogP contribution in [0.5, 0.6) is 0 Å². The van der Waals surface area contributed by atoms with Gasteiger partial charge < -0.3 is 15.3 Å². The van der Waals surface area contributed by atoms with Crippen molar-refractivity contribution in [1.29, 1.82) is 0 Å². The molecule has 0 saturated carbocycles. The number of aliphatic hydroxyl groups excluding tert-OH is 1. The van der Waals surface area contributed by atoms with E-state index in [1.165, 1.54) is 0 Å². The molecular formula is C10H16O5. The van der Waals surface area contributed by atoms with Crippen molar-refractivity contribution in [2.45, 2.75) is 32.6 Å². The Labute approximate surface area is 88.0 Å². The van der Waals surface area contributed by atoms with E-state index in [9.17, 15) is 9.59 Å². The lowest BCUT2D eigenvalue weighted by Gasteiger charge is -2.06. The van der Waals surface area contributed by atoms with Crippen LogP contribution in [-0.4, -0.2) is 33.9 Å².